The third-order valence-corrected chi connectivity index (χ3v) is 5.13. The second kappa shape index (κ2) is 4.54. The first kappa shape index (κ1) is 11.8. The van der Waals surface area contributed by atoms with Crippen LogP contribution in [0.2, 0.25) is 0 Å². The maximum atomic E-state index is 4.38. The number of aromatic nitrogens is 3. The second-order valence-electron chi connectivity index (χ2n) is 4.58. The predicted octanol–water partition coefficient (Wildman–Crippen LogP) is 3.62. The molecular formula is C15H12N3S2+. The van der Waals surface area contributed by atoms with Gasteiger partial charge in [0.05, 0.1) is 18.8 Å². The lowest BCUT2D eigenvalue weighted by Gasteiger charge is -2.02. The van der Waals surface area contributed by atoms with Gasteiger partial charge < -0.3 is 0 Å². The molecule has 0 aliphatic carbocycles. The molecule has 4 rings (SSSR count). The molecule has 0 aromatic carbocycles. The van der Waals surface area contributed by atoms with Crippen LogP contribution in [0.5, 0.6) is 0 Å². The molecule has 5 heteroatoms. The lowest BCUT2D eigenvalue weighted by molar-refractivity contribution is -0.511. The molecule has 0 bridgehead atoms. The molecule has 0 aliphatic heterocycles. The van der Waals surface area contributed by atoms with E-state index < -0.39 is 0 Å². The Balaban J connectivity index is 2.06. The zero-order valence-electron chi connectivity index (χ0n) is 10.9. The number of nitrogens with zero attached hydrogens (tertiary/aromatic N) is 3. The maximum absolute atomic E-state index is 4.38. The Morgan fingerprint density at radius 2 is 1.85 bits per heavy atom. The van der Waals surface area contributed by atoms with Crippen molar-refractivity contribution >= 4 is 28.3 Å². The highest BCUT2D eigenvalue weighted by atomic mass is 32.1. The van der Waals surface area contributed by atoms with Crippen molar-refractivity contribution in [1.82, 2.24) is 9.78 Å². The van der Waals surface area contributed by atoms with E-state index in [1.807, 2.05) is 18.1 Å². The van der Waals surface area contributed by atoms with Gasteiger partial charge in [-0.25, -0.2) is 4.40 Å². The number of hydrogen-bond donors (Lipinski definition) is 0. The summed E-state index contributed by atoms with van der Waals surface area (Å²) in [6.45, 7) is 0. The van der Waals surface area contributed by atoms with E-state index in [0.717, 1.165) is 5.65 Å². The molecule has 4 heterocycles. The highest BCUT2D eigenvalue weighted by molar-refractivity contribution is 7.14. The molecule has 0 fully saturated rings. The first-order valence-electron chi connectivity index (χ1n) is 6.28. The summed E-state index contributed by atoms with van der Waals surface area (Å²) in [5, 5.41) is 8.60. The SMILES string of the molecule is Cn1nc[n+]2cc(-c3cccs3)cc(-c3cccs3)c12. The third-order valence-electron chi connectivity index (χ3n) is 3.31. The molecule has 0 N–H and O–H groups in total. The van der Waals surface area contributed by atoms with Gasteiger partial charge in [-0.15, -0.1) is 27.4 Å². The molecular weight excluding hydrogens is 286 g/mol. The number of pyridine rings is 1. The van der Waals surface area contributed by atoms with E-state index in [1.165, 1.54) is 20.9 Å². The Bertz CT molecular complexity index is 858. The van der Waals surface area contributed by atoms with Gasteiger partial charge in [0.2, 0.25) is 0 Å². The van der Waals surface area contributed by atoms with E-state index >= 15 is 0 Å². The van der Waals surface area contributed by atoms with E-state index in [-0.39, 0.29) is 0 Å². The lowest BCUT2D eigenvalue weighted by atomic mass is 10.1. The van der Waals surface area contributed by atoms with Gasteiger partial charge >= 0.3 is 0 Å². The van der Waals surface area contributed by atoms with Crippen molar-refractivity contribution in [3.8, 4) is 20.9 Å². The number of hydrogen-bond acceptors (Lipinski definition) is 3. The van der Waals surface area contributed by atoms with Crippen LogP contribution in [0.4, 0.5) is 0 Å². The summed E-state index contributed by atoms with van der Waals surface area (Å²) in [5.74, 6) is 0. The van der Waals surface area contributed by atoms with Gasteiger partial charge in [0.1, 0.15) is 0 Å². The zero-order chi connectivity index (χ0) is 13.5. The summed E-state index contributed by atoms with van der Waals surface area (Å²) < 4.78 is 4.03. The van der Waals surface area contributed by atoms with Gasteiger partial charge in [-0.3, -0.25) is 0 Å². The molecule has 98 valence electrons. The van der Waals surface area contributed by atoms with Crippen molar-refractivity contribution in [1.29, 1.82) is 0 Å². The Labute approximate surface area is 124 Å². The standard InChI is InChI=1S/C15H12N3S2/c1-17-15-12(14-5-3-7-20-14)8-11(9-18(15)10-16-17)13-4-2-6-19-13/h2-10H,1H3/q+1. The predicted molar refractivity (Wildman–Crippen MR) is 83.0 cm³/mol. The van der Waals surface area contributed by atoms with Crippen LogP contribution in [0.1, 0.15) is 0 Å². The van der Waals surface area contributed by atoms with E-state index in [0.29, 0.717) is 0 Å². The fourth-order valence-corrected chi connectivity index (χ4v) is 3.86. The van der Waals surface area contributed by atoms with Gasteiger partial charge in [-0.05, 0) is 29.0 Å². The minimum atomic E-state index is 1.12. The molecule has 20 heavy (non-hydrogen) atoms. The van der Waals surface area contributed by atoms with Gasteiger partial charge in [0.15, 0.2) is 0 Å². The van der Waals surface area contributed by atoms with Crippen molar-refractivity contribution in [2.75, 3.05) is 0 Å². The van der Waals surface area contributed by atoms with Crippen molar-refractivity contribution in [3.63, 3.8) is 0 Å². The van der Waals surface area contributed by atoms with Crippen LogP contribution in [0.15, 0.2) is 53.6 Å². The number of rotatable bonds is 2. The van der Waals surface area contributed by atoms with E-state index in [1.54, 1.807) is 22.7 Å². The minimum Gasteiger partial charge on any atom is -0.203 e. The smallest absolute Gasteiger partial charge is 0.203 e. The van der Waals surface area contributed by atoms with Gasteiger partial charge in [0.25, 0.3) is 12.0 Å². The van der Waals surface area contributed by atoms with E-state index in [4.69, 9.17) is 0 Å². The molecule has 0 aliphatic rings. The molecule has 0 unspecified atom stereocenters. The number of thiophene rings is 2. The molecule has 0 spiro atoms. The molecule has 4 aromatic rings. The van der Waals surface area contributed by atoms with Crippen LogP contribution < -0.4 is 4.40 Å². The summed E-state index contributed by atoms with van der Waals surface area (Å²) >= 11 is 3.52. The van der Waals surface area contributed by atoms with Crippen LogP contribution in [-0.2, 0) is 7.05 Å². The average molecular weight is 298 g/mol. The Morgan fingerprint density at radius 1 is 1.10 bits per heavy atom. The van der Waals surface area contributed by atoms with Gasteiger partial charge in [0, 0.05) is 20.4 Å². The van der Waals surface area contributed by atoms with Crippen LogP contribution >= 0.6 is 22.7 Å². The molecule has 0 atom stereocenters. The molecule has 0 saturated carbocycles. The zero-order valence-corrected chi connectivity index (χ0v) is 12.5. The number of fused-ring (bicyclic) bond motifs is 1. The third kappa shape index (κ3) is 1.78. The van der Waals surface area contributed by atoms with E-state index in [2.05, 4.69) is 56.8 Å². The van der Waals surface area contributed by atoms with E-state index in [9.17, 15) is 0 Å². The van der Waals surface area contributed by atoms with Crippen molar-refractivity contribution in [2.24, 2.45) is 7.05 Å². The minimum absolute atomic E-state index is 1.12. The van der Waals surface area contributed by atoms with Crippen molar-refractivity contribution < 1.29 is 4.40 Å². The normalized spacial score (nSPS) is 11.2. The van der Waals surface area contributed by atoms with Crippen molar-refractivity contribution in [2.45, 2.75) is 0 Å². The molecule has 3 nitrogen and oxygen atoms in total. The summed E-state index contributed by atoms with van der Waals surface area (Å²) in [6.07, 6.45) is 4.01. The molecule has 0 saturated heterocycles. The molecule has 0 radical (unpaired) electrons. The Morgan fingerprint density at radius 3 is 2.55 bits per heavy atom. The van der Waals surface area contributed by atoms with Crippen LogP contribution in [0.3, 0.4) is 0 Å². The Hall–Kier alpha value is -1.98. The summed E-state index contributed by atoms with van der Waals surface area (Å²) in [4.78, 5) is 2.55. The van der Waals surface area contributed by atoms with Crippen LogP contribution in [0.25, 0.3) is 26.5 Å². The molecule has 4 aromatic heterocycles. The fraction of sp³-hybridized carbons (Fsp3) is 0.0667. The largest absolute Gasteiger partial charge is 0.273 e. The fourth-order valence-electron chi connectivity index (χ4n) is 2.42. The second-order valence-corrected chi connectivity index (χ2v) is 6.48. The summed E-state index contributed by atoms with van der Waals surface area (Å²) in [5.41, 5.74) is 3.58. The highest BCUT2D eigenvalue weighted by Gasteiger charge is 2.17. The first-order chi connectivity index (χ1) is 9.83. The monoisotopic (exact) mass is 298 g/mol. The quantitative estimate of drug-likeness (QED) is 0.518. The molecule has 0 amide bonds. The maximum Gasteiger partial charge on any atom is 0.273 e. The van der Waals surface area contributed by atoms with Gasteiger partial charge in [-0.1, -0.05) is 12.1 Å². The Kier molecular flexibility index (Phi) is 2.68. The average Bonchev–Trinajstić information content (AvgIpc) is 3.20. The van der Waals surface area contributed by atoms with Crippen LogP contribution in [-0.4, -0.2) is 9.78 Å². The topological polar surface area (TPSA) is 21.9 Å². The highest BCUT2D eigenvalue weighted by Crippen LogP contribution is 2.32. The van der Waals surface area contributed by atoms with Gasteiger partial charge in [-0.2, -0.15) is 0 Å². The number of aryl methyl sites for hydroxylation is 1. The first-order valence-corrected chi connectivity index (χ1v) is 8.03. The summed E-state index contributed by atoms with van der Waals surface area (Å²) in [7, 11) is 1.98. The van der Waals surface area contributed by atoms with Crippen molar-refractivity contribution in [3.05, 3.63) is 53.6 Å². The summed E-state index contributed by atoms with van der Waals surface area (Å²) in [6, 6.07) is 10.7. The van der Waals surface area contributed by atoms with Crippen LogP contribution in [0, 0.1) is 0 Å². The lowest BCUT2D eigenvalue weighted by Crippen LogP contribution is -2.20.